The molecule has 0 saturated carbocycles. The Labute approximate surface area is 136 Å². The van der Waals surface area contributed by atoms with E-state index in [0.29, 0.717) is 25.3 Å². The van der Waals surface area contributed by atoms with Crippen LogP contribution in [0.1, 0.15) is 47.9 Å². The quantitative estimate of drug-likeness (QED) is 0.719. The number of aromatic nitrogens is 3. The largest absolute Gasteiger partial charge is 0.494 e. The van der Waals surface area contributed by atoms with Crippen LogP contribution in [0.2, 0.25) is 0 Å². The highest BCUT2D eigenvalue weighted by molar-refractivity contribution is 5.86. The Morgan fingerprint density at radius 2 is 2.17 bits per heavy atom. The van der Waals surface area contributed by atoms with Crippen molar-refractivity contribution in [3.63, 3.8) is 0 Å². The van der Waals surface area contributed by atoms with E-state index < -0.39 is 5.97 Å². The second-order valence-electron chi connectivity index (χ2n) is 5.54. The van der Waals surface area contributed by atoms with E-state index in [9.17, 15) is 9.90 Å². The number of carboxylic acids is 1. The molecule has 0 amide bonds. The van der Waals surface area contributed by atoms with E-state index >= 15 is 0 Å². The van der Waals surface area contributed by atoms with Crippen molar-refractivity contribution in [3.8, 4) is 5.75 Å². The number of benzene rings is 1. The van der Waals surface area contributed by atoms with Crippen LogP contribution in [0.5, 0.6) is 5.75 Å². The van der Waals surface area contributed by atoms with E-state index in [0.717, 1.165) is 30.6 Å². The lowest BCUT2D eigenvalue weighted by Crippen LogP contribution is -2.11. The number of rotatable bonds is 9. The normalized spacial score (nSPS) is 10.7. The second kappa shape index (κ2) is 8.31. The fourth-order valence-electron chi connectivity index (χ4n) is 2.38. The molecule has 23 heavy (non-hydrogen) atoms. The first-order valence-corrected chi connectivity index (χ1v) is 7.97. The van der Waals surface area contributed by atoms with Crippen molar-refractivity contribution >= 4 is 5.97 Å². The number of aryl methyl sites for hydroxylation is 2. The fourth-order valence-corrected chi connectivity index (χ4v) is 2.38. The van der Waals surface area contributed by atoms with Gasteiger partial charge in [-0.05, 0) is 37.5 Å². The van der Waals surface area contributed by atoms with Crippen molar-refractivity contribution in [2.45, 2.75) is 46.1 Å². The van der Waals surface area contributed by atoms with E-state index in [-0.39, 0.29) is 5.69 Å². The maximum absolute atomic E-state index is 11.2. The lowest BCUT2D eigenvalue weighted by molar-refractivity contribution is 0.0689. The van der Waals surface area contributed by atoms with Crippen LogP contribution in [-0.2, 0) is 13.0 Å². The van der Waals surface area contributed by atoms with Crippen LogP contribution in [0.25, 0.3) is 0 Å². The Kier molecular flexibility index (Phi) is 6.14. The number of nitrogens with zero attached hydrogens (tertiary/aromatic N) is 3. The lowest BCUT2D eigenvalue weighted by Gasteiger charge is -2.09. The molecule has 0 atom stereocenters. The predicted molar refractivity (Wildman–Crippen MR) is 86.9 cm³/mol. The smallest absolute Gasteiger partial charge is 0.358 e. The van der Waals surface area contributed by atoms with Crippen LogP contribution in [-0.4, -0.2) is 32.7 Å². The Morgan fingerprint density at radius 3 is 2.87 bits per heavy atom. The summed E-state index contributed by atoms with van der Waals surface area (Å²) in [6.45, 7) is 5.25. The number of carbonyl (C=O) groups is 1. The molecule has 6 heteroatoms. The predicted octanol–water partition coefficient (Wildman–Crippen LogP) is 3.10. The number of hydrogen-bond acceptors (Lipinski definition) is 4. The molecule has 0 aliphatic carbocycles. The zero-order valence-corrected chi connectivity index (χ0v) is 13.7. The van der Waals surface area contributed by atoms with Crippen LogP contribution in [0.4, 0.5) is 0 Å². The van der Waals surface area contributed by atoms with Gasteiger partial charge < -0.3 is 9.84 Å². The highest BCUT2D eigenvalue weighted by atomic mass is 16.5. The summed E-state index contributed by atoms with van der Waals surface area (Å²) >= 11 is 0. The third kappa shape index (κ3) is 4.81. The molecule has 124 valence electrons. The summed E-state index contributed by atoms with van der Waals surface area (Å²) in [4.78, 5) is 11.2. The van der Waals surface area contributed by atoms with E-state index in [2.05, 4.69) is 17.2 Å². The number of carboxylic acid groups (broad SMARTS) is 1. The first-order valence-electron chi connectivity index (χ1n) is 7.97. The van der Waals surface area contributed by atoms with Crippen molar-refractivity contribution in [1.82, 2.24) is 15.0 Å². The van der Waals surface area contributed by atoms with Gasteiger partial charge in [0.15, 0.2) is 5.69 Å². The van der Waals surface area contributed by atoms with Crippen LogP contribution >= 0.6 is 0 Å². The molecule has 0 aliphatic heterocycles. The minimum absolute atomic E-state index is 0.0676. The van der Waals surface area contributed by atoms with Crippen molar-refractivity contribution in [1.29, 1.82) is 0 Å². The number of aromatic carboxylic acids is 1. The van der Waals surface area contributed by atoms with Gasteiger partial charge >= 0.3 is 5.97 Å². The van der Waals surface area contributed by atoms with Crippen molar-refractivity contribution in [2.24, 2.45) is 0 Å². The molecular weight excluding hydrogens is 294 g/mol. The third-order valence-corrected chi connectivity index (χ3v) is 3.58. The summed E-state index contributed by atoms with van der Waals surface area (Å²) in [5.41, 5.74) is 1.93. The minimum atomic E-state index is -1.02. The van der Waals surface area contributed by atoms with Gasteiger partial charge in [-0.1, -0.05) is 30.7 Å². The summed E-state index contributed by atoms with van der Waals surface area (Å²) < 4.78 is 7.40. The van der Waals surface area contributed by atoms with E-state index in [4.69, 9.17) is 4.74 Å². The molecule has 6 nitrogen and oxygen atoms in total. The van der Waals surface area contributed by atoms with Crippen molar-refractivity contribution < 1.29 is 14.6 Å². The Balaban J connectivity index is 1.91. The molecule has 1 aromatic heterocycles. The van der Waals surface area contributed by atoms with Crippen LogP contribution in [0.3, 0.4) is 0 Å². The summed E-state index contributed by atoms with van der Waals surface area (Å²) in [7, 11) is 0. The van der Waals surface area contributed by atoms with Crippen molar-refractivity contribution in [3.05, 3.63) is 41.2 Å². The average Bonchev–Trinajstić information content (AvgIpc) is 2.92. The molecule has 1 aromatic carbocycles. The monoisotopic (exact) mass is 317 g/mol. The van der Waals surface area contributed by atoms with Crippen LogP contribution in [0, 0.1) is 6.92 Å². The number of hydrogen-bond donors (Lipinski definition) is 1. The molecule has 0 unspecified atom stereocenters. The topological polar surface area (TPSA) is 77.2 Å². The average molecular weight is 317 g/mol. The Bertz CT molecular complexity index is 652. The molecule has 0 aliphatic rings. The molecule has 0 radical (unpaired) electrons. The van der Waals surface area contributed by atoms with Gasteiger partial charge in [-0.2, -0.15) is 0 Å². The highest BCUT2D eigenvalue weighted by Gasteiger charge is 2.18. The molecular formula is C17H23N3O3. The zero-order chi connectivity index (χ0) is 16.7. The lowest BCUT2D eigenvalue weighted by atomic mass is 10.1. The summed E-state index contributed by atoms with van der Waals surface area (Å²) in [6, 6.07) is 7.90. The van der Waals surface area contributed by atoms with Gasteiger partial charge in [0.1, 0.15) is 5.75 Å². The Morgan fingerprint density at radius 1 is 1.35 bits per heavy atom. The molecule has 0 spiro atoms. The first-order chi connectivity index (χ1) is 11.1. The molecule has 2 aromatic rings. The fraction of sp³-hybridized carbons (Fsp3) is 0.471. The maximum Gasteiger partial charge on any atom is 0.358 e. The van der Waals surface area contributed by atoms with Gasteiger partial charge in [-0.3, -0.25) is 0 Å². The number of unbranched alkanes of at least 4 members (excludes halogenated alkanes) is 1. The van der Waals surface area contributed by atoms with Gasteiger partial charge in [0, 0.05) is 13.0 Å². The summed E-state index contributed by atoms with van der Waals surface area (Å²) in [6.07, 6.45) is 3.35. The first kappa shape index (κ1) is 17.0. The summed E-state index contributed by atoms with van der Waals surface area (Å²) in [5.74, 6) is -0.167. The number of ether oxygens (including phenoxy) is 1. The molecule has 2 rings (SSSR count). The van der Waals surface area contributed by atoms with Gasteiger partial charge in [-0.25, -0.2) is 9.48 Å². The van der Waals surface area contributed by atoms with Crippen LogP contribution < -0.4 is 4.74 Å². The maximum atomic E-state index is 11.2. The van der Waals surface area contributed by atoms with Crippen LogP contribution in [0.15, 0.2) is 24.3 Å². The molecule has 0 saturated heterocycles. The van der Waals surface area contributed by atoms with Gasteiger partial charge in [-0.15, -0.1) is 5.10 Å². The standard InChI is InChI=1S/C17H23N3O3/c1-3-4-9-15-16(17(21)22)18-19-20(15)10-6-11-23-14-8-5-7-13(2)12-14/h5,7-8,12H,3-4,6,9-11H2,1-2H3,(H,21,22). The molecule has 0 fully saturated rings. The molecule has 1 N–H and O–H groups in total. The second-order valence-corrected chi connectivity index (χ2v) is 5.54. The van der Waals surface area contributed by atoms with Gasteiger partial charge in [0.05, 0.1) is 12.3 Å². The zero-order valence-electron chi connectivity index (χ0n) is 13.7. The Hall–Kier alpha value is -2.37. The highest BCUT2D eigenvalue weighted by Crippen LogP contribution is 2.13. The van der Waals surface area contributed by atoms with E-state index in [1.165, 1.54) is 0 Å². The SMILES string of the molecule is CCCCc1c(C(=O)O)nnn1CCCOc1cccc(C)c1. The minimum Gasteiger partial charge on any atom is -0.494 e. The molecule has 0 bridgehead atoms. The molecule has 1 heterocycles. The van der Waals surface area contributed by atoms with Gasteiger partial charge in [0.25, 0.3) is 0 Å². The summed E-state index contributed by atoms with van der Waals surface area (Å²) in [5, 5.41) is 17.0. The van der Waals surface area contributed by atoms with Crippen molar-refractivity contribution in [2.75, 3.05) is 6.61 Å². The van der Waals surface area contributed by atoms with Gasteiger partial charge in [0.2, 0.25) is 0 Å². The van der Waals surface area contributed by atoms with E-state index in [1.807, 2.05) is 31.2 Å². The van der Waals surface area contributed by atoms with E-state index in [1.54, 1.807) is 4.68 Å². The third-order valence-electron chi connectivity index (χ3n) is 3.58.